The average molecular weight is 291 g/mol. The molecule has 1 rings (SSSR count). The molecule has 0 aliphatic rings. The zero-order chi connectivity index (χ0) is 15.7. The fourth-order valence-electron chi connectivity index (χ4n) is 2.51. The molecule has 0 bridgehead atoms. The van der Waals surface area contributed by atoms with Crippen molar-refractivity contribution >= 4 is 0 Å². The van der Waals surface area contributed by atoms with Crippen molar-refractivity contribution in [2.24, 2.45) is 5.92 Å². The van der Waals surface area contributed by atoms with Crippen molar-refractivity contribution < 1.29 is 4.74 Å². The Bertz CT molecular complexity index is 387. The van der Waals surface area contributed by atoms with E-state index in [4.69, 9.17) is 4.74 Å². The predicted molar refractivity (Wildman–Crippen MR) is 91.9 cm³/mol. The van der Waals surface area contributed by atoms with Crippen LogP contribution < -0.4 is 10.1 Å². The van der Waals surface area contributed by atoms with Crippen LogP contribution in [0.5, 0.6) is 5.75 Å². The molecule has 0 fully saturated rings. The first-order chi connectivity index (χ1) is 10.0. The zero-order valence-electron chi connectivity index (χ0n) is 14.5. The zero-order valence-corrected chi connectivity index (χ0v) is 14.5. The highest BCUT2D eigenvalue weighted by Gasteiger charge is 2.12. The second-order valence-electron chi connectivity index (χ2n) is 6.57. The molecule has 0 aliphatic heterocycles. The van der Waals surface area contributed by atoms with E-state index < -0.39 is 0 Å². The Balaban J connectivity index is 2.71. The van der Waals surface area contributed by atoms with Crippen molar-refractivity contribution in [2.45, 2.75) is 72.4 Å². The first kappa shape index (κ1) is 18.0. The van der Waals surface area contributed by atoms with Crippen LogP contribution in [0.4, 0.5) is 0 Å². The molecule has 120 valence electrons. The van der Waals surface area contributed by atoms with Gasteiger partial charge in [0.05, 0.1) is 6.10 Å². The number of hydrogen-bond acceptors (Lipinski definition) is 2. The lowest BCUT2D eigenvalue weighted by atomic mass is 9.97. The Morgan fingerprint density at radius 2 is 1.86 bits per heavy atom. The highest BCUT2D eigenvalue weighted by atomic mass is 16.5. The predicted octanol–water partition coefficient (Wildman–Crippen LogP) is 5.34. The summed E-state index contributed by atoms with van der Waals surface area (Å²) in [4.78, 5) is 0. The fraction of sp³-hybridized carbons (Fsp3) is 0.684. The van der Waals surface area contributed by atoms with E-state index in [0.29, 0.717) is 6.04 Å². The number of benzene rings is 1. The van der Waals surface area contributed by atoms with Gasteiger partial charge in [0.1, 0.15) is 5.75 Å². The van der Waals surface area contributed by atoms with Gasteiger partial charge in [-0.2, -0.15) is 0 Å². The molecule has 0 saturated carbocycles. The summed E-state index contributed by atoms with van der Waals surface area (Å²) >= 11 is 0. The smallest absolute Gasteiger partial charge is 0.120 e. The van der Waals surface area contributed by atoms with Gasteiger partial charge in [0, 0.05) is 6.04 Å². The van der Waals surface area contributed by atoms with Crippen LogP contribution in [0, 0.1) is 5.92 Å². The summed E-state index contributed by atoms with van der Waals surface area (Å²) in [7, 11) is 0. The molecule has 0 saturated heterocycles. The maximum absolute atomic E-state index is 5.82. The third-order valence-corrected chi connectivity index (χ3v) is 3.55. The van der Waals surface area contributed by atoms with Crippen molar-refractivity contribution in [1.29, 1.82) is 0 Å². The SMILES string of the molecule is CCCNC(CCCC(C)C)c1cccc(OC(C)C)c1. The maximum Gasteiger partial charge on any atom is 0.120 e. The van der Waals surface area contributed by atoms with Crippen LogP contribution in [0.3, 0.4) is 0 Å². The Morgan fingerprint density at radius 1 is 1.10 bits per heavy atom. The first-order valence-electron chi connectivity index (χ1n) is 8.53. The number of rotatable bonds is 10. The van der Waals surface area contributed by atoms with E-state index in [1.807, 2.05) is 0 Å². The Labute approximate surface area is 131 Å². The molecule has 0 aliphatic carbocycles. The van der Waals surface area contributed by atoms with Gasteiger partial charge in [-0.3, -0.25) is 0 Å². The Kier molecular flexibility index (Phi) is 8.44. The van der Waals surface area contributed by atoms with Crippen LogP contribution in [0.15, 0.2) is 24.3 Å². The van der Waals surface area contributed by atoms with Crippen molar-refractivity contribution in [3.8, 4) is 5.75 Å². The van der Waals surface area contributed by atoms with Gasteiger partial charge >= 0.3 is 0 Å². The maximum atomic E-state index is 5.82. The van der Waals surface area contributed by atoms with E-state index in [1.165, 1.54) is 31.2 Å². The second kappa shape index (κ2) is 9.83. The number of nitrogens with one attached hydrogen (secondary N) is 1. The van der Waals surface area contributed by atoms with Crippen molar-refractivity contribution in [1.82, 2.24) is 5.32 Å². The van der Waals surface area contributed by atoms with Crippen molar-refractivity contribution in [2.75, 3.05) is 6.54 Å². The lowest BCUT2D eigenvalue weighted by molar-refractivity contribution is 0.242. The Hall–Kier alpha value is -1.02. The molecule has 2 heteroatoms. The summed E-state index contributed by atoms with van der Waals surface area (Å²) in [6.45, 7) is 12.0. The number of ether oxygens (including phenoxy) is 1. The number of hydrogen-bond donors (Lipinski definition) is 1. The van der Waals surface area contributed by atoms with E-state index in [0.717, 1.165) is 18.2 Å². The molecule has 1 aromatic rings. The molecule has 1 unspecified atom stereocenters. The highest BCUT2D eigenvalue weighted by Crippen LogP contribution is 2.25. The minimum Gasteiger partial charge on any atom is -0.491 e. The summed E-state index contributed by atoms with van der Waals surface area (Å²) < 4.78 is 5.82. The summed E-state index contributed by atoms with van der Waals surface area (Å²) in [5, 5.41) is 3.68. The monoisotopic (exact) mass is 291 g/mol. The quantitative estimate of drug-likeness (QED) is 0.628. The van der Waals surface area contributed by atoms with E-state index in [9.17, 15) is 0 Å². The topological polar surface area (TPSA) is 21.3 Å². The fourth-order valence-corrected chi connectivity index (χ4v) is 2.51. The molecular formula is C19H33NO. The van der Waals surface area contributed by atoms with Gasteiger partial charge in [0.15, 0.2) is 0 Å². The minimum absolute atomic E-state index is 0.225. The molecule has 21 heavy (non-hydrogen) atoms. The van der Waals surface area contributed by atoms with Gasteiger partial charge in [-0.1, -0.05) is 45.7 Å². The highest BCUT2D eigenvalue weighted by molar-refractivity contribution is 5.30. The van der Waals surface area contributed by atoms with E-state index in [2.05, 4.69) is 64.2 Å². The molecule has 0 heterocycles. The Morgan fingerprint density at radius 3 is 2.48 bits per heavy atom. The molecule has 1 atom stereocenters. The molecule has 0 radical (unpaired) electrons. The second-order valence-corrected chi connectivity index (χ2v) is 6.57. The van der Waals surface area contributed by atoms with Crippen LogP contribution in [-0.4, -0.2) is 12.6 Å². The van der Waals surface area contributed by atoms with Gasteiger partial charge in [-0.05, 0) is 56.8 Å². The van der Waals surface area contributed by atoms with Crippen LogP contribution in [0.1, 0.15) is 71.9 Å². The minimum atomic E-state index is 0.225. The lowest BCUT2D eigenvalue weighted by Gasteiger charge is -2.21. The summed E-state index contributed by atoms with van der Waals surface area (Å²) in [6, 6.07) is 9.02. The third-order valence-electron chi connectivity index (χ3n) is 3.55. The lowest BCUT2D eigenvalue weighted by Crippen LogP contribution is -2.22. The molecule has 0 aromatic heterocycles. The average Bonchev–Trinajstić information content (AvgIpc) is 2.41. The molecule has 2 nitrogen and oxygen atoms in total. The normalized spacial score (nSPS) is 12.9. The summed E-state index contributed by atoms with van der Waals surface area (Å²) in [6.07, 6.45) is 5.16. The standard InChI is InChI=1S/C19H33NO/c1-6-13-20-19(12-7-9-15(2)3)17-10-8-11-18(14-17)21-16(4)5/h8,10-11,14-16,19-20H,6-7,9,12-13H2,1-5H3. The molecule has 1 aromatic carbocycles. The molecule has 0 amide bonds. The van der Waals surface area contributed by atoms with Crippen LogP contribution in [0.2, 0.25) is 0 Å². The van der Waals surface area contributed by atoms with Crippen LogP contribution >= 0.6 is 0 Å². The van der Waals surface area contributed by atoms with E-state index >= 15 is 0 Å². The van der Waals surface area contributed by atoms with Crippen LogP contribution in [-0.2, 0) is 0 Å². The van der Waals surface area contributed by atoms with Crippen LogP contribution in [0.25, 0.3) is 0 Å². The van der Waals surface area contributed by atoms with Gasteiger partial charge in [0.2, 0.25) is 0 Å². The van der Waals surface area contributed by atoms with Gasteiger partial charge in [-0.25, -0.2) is 0 Å². The van der Waals surface area contributed by atoms with Gasteiger partial charge < -0.3 is 10.1 Å². The molecular weight excluding hydrogens is 258 g/mol. The van der Waals surface area contributed by atoms with Gasteiger partial charge in [-0.15, -0.1) is 0 Å². The summed E-state index contributed by atoms with van der Waals surface area (Å²) in [5.74, 6) is 1.77. The van der Waals surface area contributed by atoms with E-state index in [1.54, 1.807) is 0 Å². The molecule has 0 spiro atoms. The van der Waals surface area contributed by atoms with Gasteiger partial charge in [0.25, 0.3) is 0 Å². The van der Waals surface area contributed by atoms with Crippen molar-refractivity contribution in [3.63, 3.8) is 0 Å². The largest absolute Gasteiger partial charge is 0.491 e. The van der Waals surface area contributed by atoms with E-state index in [-0.39, 0.29) is 6.10 Å². The third kappa shape index (κ3) is 7.52. The summed E-state index contributed by atoms with van der Waals surface area (Å²) in [5.41, 5.74) is 1.35. The van der Waals surface area contributed by atoms with Crippen molar-refractivity contribution in [3.05, 3.63) is 29.8 Å². The molecule has 1 N–H and O–H groups in total. The first-order valence-corrected chi connectivity index (χ1v) is 8.53.